The predicted molar refractivity (Wildman–Crippen MR) is 71.8 cm³/mol. The number of aromatic nitrogens is 1. The Morgan fingerprint density at radius 1 is 1.16 bits per heavy atom. The first kappa shape index (κ1) is 12.7. The zero-order chi connectivity index (χ0) is 13.7. The molecule has 2 rings (SSSR count). The molecule has 0 radical (unpaired) electrons. The van der Waals surface area contributed by atoms with E-state index >= 15 is 0 Å². The average molecular weight is 255 g/mol. The van der Waals surface area contributed by atoms with Crippen LogP contribution in [0.2, 0.25) is 0 Å². The highest BCUT2D eigenvalue weighted by molar-refractivity contribution is 5.66. The van der Waals surface area contributed by atoms with Gasteiger partial charge in [-0.1, -0.05) is 0 Å². The van der Waals surface area contributed by atoms with Crippen molar-refractivity contribution in [3.63, 3.8) is 0 Å². The van der Waals surface area contributed by atoms with Gasteiger partial charge in [-0.15, -0.1) is 0 Å². The Morgan fingerprint density at radius 2 is 1.84 bits per heavy atom. The van der Waals surface area contributed by atoms with Crippen molar-refractivity contribution in [2.75, 3.05) is 19.5 Å². The second-order valence-corrected chi connectivity index (χ2v) is 3.74. The van der Waals surface area contributed by atoms with Gasteiger partial charge in [-0.25, -0.2) is 4.98 Å². The number of methoxy groups -OCH3 is 2. The summed E-state index contributed by atoms with van der Waals surface area (Å²) in [6, 6.07) is 11.0. The van der Waals surface area contributed by atoms with E-state index in [1.54, 1.807) is 38.6 Å². The normalized spacial score (nSPS) is 9.53. The topological polar surface area (TPSA) is 67.2 Å². The summed E-state index contributed by atoms with van der Waals surface area (Å²) in [5, 5.41) is 12.1. The molecule has 0 bridgehead atoms. The van der Waals surface area contributed by atoms with Crippen molar-refractivity contribution in [3.05, 3.63) is 42.2 Å². The zero-order valence-electron chi connectivity index (χ0n) is 10.7. The van der Waals surface area contributed by atoms with E-state index < -0.39 is 0 Å². The van der Waals surface area contributed by atoms with Crippen molar-refractivity contribution in [2.45, 2.75) is 0 Å². The lowest BCUT2D eigenvalue weighted by Gasteiger charge is -2.11. The highest BCUT2D eigenvalue weighted by Crippen LogP contribution is 2.28. The standard InChI is InChI=1S/C14H13N3O2/c1-18-11-6-10(7-12(8-11)19-2)17-13-4-3-5-16-14(13)9-15/h3-8,17H,1-2H3. The maximum absolute atomic E-state index is 9.00. The van der Waals surface area contributed by atoms with Crippen LogP contribution < -0.4 is 14.8 Å². The summed E-state index contributed by atoms with van der Waals surface area (Å²) < 4.78 is 10.4. The monoisotopic (exact) mass is 255 g/mol. The molecule has 5 heteroatoms. The van der Waals surface area contributed by atoms with Gasteiger partial charge in [0.2, 0.25) is 0 Å². The molecule has 1 aromatic carbocycles. The largest absolute Gasteiger partial charge is 0.497 e. The van der Waals surface area contributed by atoms with E-state index in [-0.39, 0.29) is 0 Å². The molecule has 0 aliphatic carbocycles. The molecule has 19 heavy (non-hydrogen) atoms. The van der Waals surface area contributed by atoms with E-state index in [0.29, 0.717) is 22.9 Å². The molecule has 0 aliphatic rings. The molecule has 0 fully saturated rings. The molecule has 0 amide bonds. The summed E-state index contributed by atoms with van der Waals surface area (Å²) in [4.78, 5) is 3.99. The lowest BCUT2D eigenvalue weighted by molar-refractivity contribution is 0.395. The quantitative estimate of drug-likeness (QED) is 0.909. The first-order chi connectivity index (χ1) is 9.26. The van der Waals surface area contributed by atoms with Gasteiger partial charge in [0.15, 0.2) is 5.69 Å². The second-order valence-electron chi connectivity index (χ2n) is 3.74. The lowest BCUT2D eigenvalue weighted by atomic mass is 10.2. The van der Waals surface area contributed by atoms with Crippen molar-refractivity contribution in [3.8, 4) is 17.6 Å². The molecule has 5 nitrogen and oxygen atoms in total. The number of nitrogens with zero attached hydrogens (tertiary/aromatic N) is 2. The number of pyridine rings is 1. The minimum Gasteiger partial charge on any atom is -0.497 e. The summed E-state index contributed by atoms with van der Waals surface area (Å²) in [7, 11) is 3.17. The SMILES string of the molecule is COc1cc(Nc2cccnc2C#N)cc(OC)c1. The molecule has 0 spiro atoms. The van der Waals surface area contributed by atoms with Crippen LogP contribution in [0.3, 0.4) is 0 Å². The summed E-state index contributed by atoms with van der Waals surface area (Å²) >= 11 is 0. The number of nitrogens with one attached hydrogen (secondary N) is 1. The summed E-state index contributed by atoms with van der Waals surface area (Å²) in [5.74, 6) is 1.34. The molecule has 96 valence electrons. The Labute approximate surface area is 111 Å². The minimum absolute atomic E-state index is 0.337. The highest BCUT2D eigenvalue weighted by Gasteiger charge is 2.05. The van der Waals surface area contributed by atoms with Gasteiger partial charge in [0.25, 0.3) is 0 Å². The number of benzene rings is 1. The van der Waals surface area contributed by atoms with Crippen LogP contribution in [0.25, 0.3) is 0 Å². The van der Waals surface area contributed by atoms with Crippen molar-refractivity contribution >= 4 is 11.4 Å². The Morgan fingerprint density at radius 3 is 2.42 bits per heavy atom. The van der Waals surface area contributed by atoms with Crippen LogP contribution in [-0.2, 0) is 0 Å². The maximum Gasteiger partial charge on any atom is 0.163 e. The van der Waals surface area contributed by atoms with Crippen molar-refractivity contribution in [1.29, 1.82) is 5.26 Å². The fourth-order valence-corrected chi connectivity index (χ4v) is 1.63. The first-order valence-electron chi connectivity index (χ1n) is 5.62. The van der Waals surface area contributed by atoms with Gasteiger partial charge in [0.1, 0.15) is 17.6 Å². The van der Waals surface area contributed by atoms with Crippen molar-refractivity contribution < 1.29 is 9.47 Å². The minimum atomic E-state index is 0.337. The fourth-order valence-electron chi connectivity index (χ4n) is 1.63. The Bertz CT molecular complexity index is 598. The van der Waals surface area contributed by atoms with Crippen LogP contribution in [0.15, 0.2) is 36.5 Å². The number of rotatable bonds is 4. The molecule has 1 aromatic heterocycles. The third-order valence-corrected chi connectivity index (χ3v) is 2.54. The molecule has 1 N–H and O–H groups in total. The lowest BCUT2D eigenvalue weighted by Crippen LogP contribution is -1.97. The van der Waals surface area contributed by atoms with Crippen LogP contribution in [0, 0.1) is 11.3 Å². The van der Waals surface area contributed by atoms with E-state index in [1.807, 2.05) is 18.2 Å². The molecule has 0 aliphatic heterocycles. The fraction of sp³-hybridized carbons (Fsp3) is 0.143. The first-order valence-corrected chi connectivity index (χ1v) is 5.62. The number of ether oxygens (including phenoxy) is 2. The number of anilines is 2. The van der Waals surface area contributed by atoms with Gasteiger partial charge in [0, 0.05) is 30.1 Å². The van der Waals surface area contributed by atoms with Crippen LogP contribution in [0.5, 0.6) is 11.5 Å². The van der Waals surface area contributed by atoms with Crippen molar-refractivity contribution in [1.82, 2.24) is 4.98 Å². The van der Waals surface area contributed by atoms with Crippen LogP contribution in [-0.4, -0.2) is 19.2 Å². The van der Waals surface area contributed by atoms with Gasteiger partial charge in [-0.05, 0) is 12.1 Å². The van der Waals surface area contributed by atoms with Gasteiger partial charge in [-0.3, -0.25) is 0 Å². The smallest absolute Gasteiger partial charge is 0.163 e. The molecule has 0 saturated carbocycles. The predicted octanol–water partition coefficient (Wildman–Crippen LogP) is 2.71. The van der Waals surface area contributed by atoms with Crippen LogP contribution in [0.1, 0.15) is 5.69 Å². The Balaban J connectivity index is 2.35. The molecule has 2 aromatic rings. The number of hydrogen-bond acceptors (Lipinski definition) is 5. The Kier molecular flexibility index (Phi) is 3.84. The van der Waals surface area contributed by atoms with E-state index in [0.717, 1.165) is 5.69 Å². The van der Waals surface area contributed by atoms with E-state index in [2.05, 4.69) is 10.3 Å². The van der Waals surface area contributed by atoms with E-state index in [1.165, 1.54) is 0 Å². The summed E-state index contributed by atoms with van der Waals surface area (Å²) in [6.45, 7) is 0. The van der Waals surface area contributed by atoms with Gasteiger partial charge < -0.3 is 14.8 Å². The van der Waals surface area contributed by atoms with Crippen molar-refractivity contribution in [2.24, 2.45) is 0 Å². The number of nitriles is 1. The molecule has 1 heterocycles. The molecular formula is C14H13N3O2. The van der Waals surface area contributed by atoms with E-state index in [9.17, 15) is 0 Å². The Hall–Kier alpha value is -2.74. The molecule has 0 atom stereocenters. The van der Waals surface area contributed by atoms with Crippen LogP contribution >= 0.6 is 0 Å². The third kappa shape index (κ3) is 2.93. The number of hydrogen-bond donors (Lipinski definition) is 1. The molecule has 0 saturated heterocycles. The maximum atomic E-state index is 9.00. The highest BCUT2D eigenvalue weighted by atomic mass is 16.5. The second kappa shape index (κ2) is 5.74. The summed E-state index contributed by atoms with van der Waals surface area (Å²) in [5.41, 5.74) is 1.74. The van der Waals surface area contributed by atoms with E-state index in [4.69, 9.17) is 14.7 Å². The van der Waals surface area contributed by atoms with Gasteiger partial charge in [-0.2, -0.15) is 5.26 Å². The molecule has 0 unspecified atom stereocenters. The van der Waals surface area contributed by atoms with Crippen LogP contribution in [0.4, 0.5) is 11.4 Å². The summed E-state index contributed by atoms with van der Waals surface area (Å²) in [6.07, 6.45) is 1.58. The average Bonchev–Trinajstić information content (AvgIpc) is 2.47. The van der Waals surface area contributed by atoms with Gasteiger partial charge >= 0.3 is 0 Å². The van der Waals surface area contributed by atoms with Gasteiger partial charge in [0.05, 0.1) is 19.9 Å². The molecular weight excluding hydrogens is 242 g/mol. The zero-order valence-corrected chi connectivity index (χ0v) is 10.7. The third-order valence-electron chi connectivity index (χ3n) is 2.54.